The number of nitrogens with zero attached hydrogens (tertiary/aromatic N) is 1. The number of rotatable bonds is 10. The molecular formula is C22H26BrClN2O3. The van der Waals surface area contributed by atoms with Crippen LogP contribution in [0, 0.1) is 0 Å². The minimum Gasteiger partial charge on any atom is -0.483 e. The number of ether oxygens (including phenoxy) is 1. The molecule has 1 N–H and O–H groups in total. The zero-order valence-corrected chi connectivity index (χ0v) is 19.0. The van der Waals surface area contributed by atoms with Gasteiger partial charge in [-0.1, -0.05) is 55.3 Å². The van der Waals surface area contributed by atoms with E-state index in [4.69, 9.17) is 16.3 Å². The molecule has 29 heavy (non-hydrogen) atoms. The Hall–Kier alpha value is -2.05. The normalized spacial score (nSPS) is 11.6. The van der Waals surface area contributed by atoms with Crippen LogP contribution in [0.2, 0.25) is 5.02 Å². The molecule has 2 amide bonds. The molecule has 0 aromatic heterocycles. The molecule has 0 aliphatic rings. The number of hydrogen-bond acceptors (Lipinski definition) is 3. The monoisotopic (exact) mass is 480 g/mol. The van der Waals surface area contributed by atoms with Crippen LogP contribution in [-0.2, 0) is 16.1 Å². The van der Waals surface area contributed by atoms with Crippen molar-refractivity contribution in [2.24, 2.45) is 0 Å². The van der Waals surface area contributed by atoms with E-state index in [1.54, 1.807) is 30.0 Å². The summed E-state index contributed by atoms with van der Waals surface area (Å²) >= 11 is 9.32. The molecule has 7 heteroatoms. The molecule has 0 bridgehead atoms. The molecule has 2 aromatic rings. The van der Waals surface area contributed by atoms with Gasteiger partial charge in [-0.25, -0.2) is 0 Å². The molecule has 0 radical (unpaired) electrons. The number of carbonyl (C=O) groups is 2. The zero-order chi connectivity index (χ0) is 21.2. The van der Waals surface area contributed by atoms with Crippen molar-refractivity contribution in [3.63, 3.8) is 0 Å². The largest absolute Gasteiger partial charge is 0.483 e. The van der Waals surface area contributed by atoms with Crippen LogP contribution in [0.25, 0.3) is 0 Å². The predicted octanol–water partition coefficient (Wildman–Crippen LogP) is 4.81. The summed E-state index contributed by atoms with van der Waals surface area (Å²) in [6, 6.07) is 14.1. The number of amides is 2. The highest BCUT2D eigenvalue weighted by molar-refractivity contribution is 9.10. The van der Waals surface area contributed by atoms with Gasteiger partial charge in [-0.2, -0.15) is 0 Å². The highest BCUT2D eigenvalue weighted by Gasteiger charge is 2.26. The molecule has 0 aliphatic carbocycles. The van der Waals surface area contributed by atoms with Crippen LogP contribution in [0.1, 0.15) is 32.3 Å². The van der Waals surface area contributed by atoms with Crippen LogP contribution < -0.4 is 10.1 Å². The van der Waals surface area contributed by atoms with Crippen molar-refractivity contribution in [1.82, 2.24) is 10.2 Å². The molecular weight excluding hydrogens is 456 g/mol. The van der Waals surface area contributed by atoms with E-state index in [1.165, 1.54) is 0 Å². The summed E-state index contributed by atoms with van der Waals surface area (Å²) in [5.74, 6) is 0.0757. The molecule has 156 valence electrons. The molecule has 0 fully saturated rings. The second-order valence-electron chi connectivity index (χ2n) is 6.69. The highest BCUT2D eigenvalue weighted by atomic mass is 79.9. The zero-order valence-electron chi connectivity index (χ0n) is 16.7. The summed E-state index contributed by atoms with van der Waals surface area (Å²) in [5, 5.41) is 3.47. The van der Waals surface area contributed by atoms with Gasteiger partial charge in [-0.15, -0.1) is 0 Å². The van der Waals surface area contributed by atoms with Gasteiger partial charge in [-0.05, 0) is 53.0 Å². The van der Waals surface area contributed by atoms with Crippen molar-refractivity contribution in [1.29, 1.82) is 0 Å². The number of halogens is 2. The van der Waals surface area contributed by atoms with Crippen molar-refractivity contribution >= 4 is 39.3 Å². The Labute approximate surface area is 185 Å². The topological polar surface area (TPSA) is 58.6 Å². The van der Waals surface area contributed by atoms with E-state index in [9.17, 15) is 9.59 Å². The van der Waals surface area contributed by atoms with Crippen LogP contribution in [0.15, 0.2) is 53.0 Å². The molecule has 0 spiro atoms. The Morgan fingerprint density at radius 2 is 1.93 bits per heavy atom. The van der Waals surface area contributed by atoms with Gasteiger partial charge in [0.1, 0.15) is 11.8 Å². The van der Waals surface area contributed by atoms with E-state index >= 15 is 0 Å². The fraction of sp³-hybridized carbons (Fsp3) is 0.364. The first-order valence-corrected chi connectivity index (χ1v) is 10.8. The summed E-state index contributed by atoms with van der Waals surface area (Å²) < 4.78 is 6.34. The third-order valence-electron chi connectivity index (χ3n) is 4.44. The van der Waals surface area contributed by atoms with Crippen molar-refractivity contribution in [2.75, 3.05) is 13.2 Å². The van der Waals surface area contributed by atoms with Crippen molar-refractivity contribution in [3.8, 4) is 5.75 Å². The molecule has 0 unspecified atom stereocenters. The van der Waals surface area contributed by atoms with Crippen LogP contribution in [0.3, 0.4) is 0 Å². The fourth-order valence-electron chi connectivity index (χ4n) is 2.71. The molecule has 1 atom stereocenters. The second-order valence-corrected chi connectivity index (χ2v) is 7.98. The lowest BCUT2D eigenvalue weighted by molar-refractivity contribution is -0.142. The lowest BCUT2D eigenvalue weighted by Crippen LogP contribution is -2.49. The second kappa shape index (κ2) is 11.8. The van der Waals surface area contributed by atoms with Crippen LogP contribution in [0.4, 0.5) is 0 Å². The number of unbranched alkanes of at least 4 members (excludes halogenated alkanes) is 1. The van der Waals surface area contributed by atoms with Crippen molar-refractivity contribution in [2.45, 2.75) is 39.3 Å². The predicted molar refractivity (Wildman–Crippen MR) is 119 cm³/mol. The third kappa shape index (κ3) is 7.37. The van der Waals surface area contributed by atoms with E-state index in [-0.39, 0.29) is 18.4 Å². The molecule has 2 aromatic carbocycles. The minimum absolute atomic E-state index is 0.171. The van der Waals surface area contributed by atoms with Crippen LogP contribution >= 0.6 is 27.5 Å². The van der Waals surface area contributed by atoms with Gasteiger partial charge in [0.25, 0.3) is 5.91 Å². The third-order valence-corrected chi connectivity index (χ3v) is 5.29. The van der Waals surface area contributed by atoms with E-state index in [1.807, 2.05) is 30.3 Å². The lowest BCUT2D eigenvalue weighted by atomic mass is 10.1. The van der Waals surface area contributed by atoms with Crippen LogP contribution in [-0.4, -0.2) is 35.9 Å². The first kappa shape index (κ1) is 23.2. The maximum atomic E-state index is 13.0. The summed E-state index contributed by atoms with van der Waals surface area (Å²) in [6.45, 7) is 4.54. The summed E-state index contributed by atoms with van der Waals surface area (Å²) in [5.41, 5.74) is 0.946. The van der Waals surface area contributed by atoms with Gasteiger partial charge in [0.2, 0.25) is 5.91 Å². The number of nitrogens with one attached hydrogen (secondary N) is 1. The van der Waals surface area contributed by atoms with E-state index in [2.05, 4.69) is 28.2 Å². The molecule has 0 saturated carbocycles. The van der Waals surface area contributed by atoms with Crippen molar-refractivity contribution < 1.29 is 14.3 Å². The lowest BCUT2D eigenvalue weighted by Gasteiger charge is -2.28. The van der Waals surface area contributed by atoms with Gasteiger partial charge in [0.15, 0.2) is 6.61 Å². The summed E-state index contributed by atoms with van der Waals surface area (Å²) in [4.78, 5) is 27.0. The number of benzene rings is 2. The number of hydrogen-bond donors (Lipinski definition) is 1. The maximum Gasteiger partial charge on any atom is 0.261 e. The molecule has 0 saturated heterocycles. The molecule has 0 heterocycles. The van der Waals surface area contributed by atoms with Gasteiger partial charge in [0.05, 0.1) is 4.47 Å². The van der Waals surface area contributed by atoms with Gasteiger partial charge >= 0.3 is 0 Å². The van der Waals surface area contributed by atoms with Gasteiger partial charge < -0.3 is 15.0 Å². The SMILES string of the molecule is CCCCNC(=O)[C@@H](C)N(Cc1ccccc1)C(=O)COc1ccc(Cl)cc1Br. The minimum atomic E-state index is -0.614. The Morgan fingerprint density at radius 3 is 2.59 bits per heavy atom. The fourth-order valence-corrected chi connectivity index (χ4v) is 3.51. The molecule has 2 rings (SSSR count). The average molecular weight is 482 g/mol. The van der Waals surface area contributed by atoms with Crippen LogP contribution in [0.5, 0.6) is 5.75 Å². The average Bonchev–Trinajstić information content (AvgIpc) is 2.71. The van der Waals surface area contributed by atoms with E-state index in [0.29, 0.717) is 28.3 Å². The van der Waals surface area contributed by atoms with Crippen molar-refractivity contribution in [3.05, 3.63) is 63.6 Å². The maximum absolute atomic E-state index is 13.0. The Bertz CT molecular complexity index is 817. The Balaban J connectivity index is 2.10. The van der Waals surface area contributed by atoms with E-state index in [0.717, 1.165) is 18.4 Å². The quantitative estimate of drug-likeness (QED) is 0.495. The smallest absolute Gasteiger partial charge is 0.261 e. The number of carbonyl (C=O) groups excluding carboxylic acids is 2. The summed E-state index contributed by atoms with van der Waals surface area (Å²) in [7, 11) is 0. The standard InChI is InChI=1S/C22H26BrClN2O3/c1-3-4-12-25-22(28)16(2)26(14-17-8-6-5-7-9-17)21(27)15-29-20-11-10-18(24)13-19(20)23/h5-11,13,16H,3-4,12,14-15H2,1-2H3,(H,25,28)/t16-/m1/s1. The first-order chi connectivity index (χ1) is 13.9. The van der Waals surface area contributed by atoms with E-state index < -0.39 is 6.04 Å². The summed E-state index contributed by atoms with van der Waals surface area (Å²) in [6.07, 6.45) is 1.89. The molecule has 0 aliphatic heterocycles. The first-order valence-electron chi connectivity index (χ1n) is 9.61. The van der Waals surface area contributed by atoms with Gasteiger partial charge in [-0.3, -0.25) is 9.59 Å². The Kier molecular flexibility index (Phi) is 9.48. The Morgan fingerprint density at radius 1 is 1.21 bits per heavy atom. The highest BCUT2D eigenvalue weighted by Crippen LogP contribution is 2.28. The van der Waals surface area contributed by atoms with Gasteiger partial charge in [0, 0.05) is 18.1 Å². The molecule has 5 nitrogen and oxygen atoms in total.